The van der Waals surface area contributed by atoms with E-state index >= 15 is 0 Å². The standard InChI is InChI=1S/C11H16N2OS/c1-3-12-11(14)8-13-9-5-4-6-10(7-9)15-2/h4-7,13H,3,8H2,1-2H3,(H,12,14). The first-order valence-electron chi connectivity index (χ1n) is 4.91. The number of hydrogen-bond donors (Lipinski definition) is 2. The van der Waals surface area contributed by atoms with Gasteiger partial charge >= 0.3 is 0 Å². The summed E-state index contributed by atoms with van der Waals surface area (Å²) in [4.78, 5) is 12.4. The van der Waals surface area contributed by atoms with Crippen LogP contribution in [0.2, 0.25) is 0 Å². The molecule has 0 atom stereocenters. The lowest BCUT2D eigenvalue weighted by molar-refractivity contribution is -0.119. The van der Waals surface area contributed by atoms with E-state index in [1.807, 2.05) is 37.4 Å². The maximum Gasteiger partial charge on any atom is 0.239 e. The fourth-order valence-corrected chi connectivity index (χ4v) is 1.63. The van der Waals surface area contributed by atoms with Crippen LogP contribution in [0.3, 0.4) is 0 Å². The number of hydrogen-bond acceptors (Lipinski definition) is 3. The molecule has 1 rings (SSSR count). The van der Waals surface area contributed by atoms with Gasteiger partial charge in [0.25, 0.3) is 0 Å². The number of thioether (sulfide) groups is 1. The Morgan fingerprint density at radius 1 is 1.47 bits per heavy atom. The topological polar surface area (TPSA) is 41.1 Å². The van der Waals surface area contributed by atoms with Gasteiger partial charge in [-0.3, -0.25) is 4.79 Å². The molecule has 1 aromatic rings. The number of nitrogens with one attached hydrogen (secondary N) is 2. The molecule has 0 bridgehead atoms. The van der Waals surface area contributed by atoms with E-state index < -0.39 is 0 Å². The lowest BCUT2D eigenvalue weighted by Crippen LogP contribution is -2.29. The van der Waals surface area contributed by atoms with E-state index in [1.54, 1.807) is 11.8 Å². The molecule has 2 N–H and O–H groups in total. The van der Waals surface area contributed by atoms with Crippen LogP contribution < -0.4 is 10.6 Å². The van der Waals surface area contributed by atoms with Crippen LogP contribution in [0, 0.1) is 0 Å². The molecule has 1 amide bonds. The van der Waals surface area contributed by atoms with E-state index in [0.29, 0.717) is 13.1 Å². The Kier molecular flexibility index (Phi) is 5.04. The van der Waals surface area contributed by atoms with Crippen LogP contribution in [-0.4, -0.2) is 25.3 Å². The van der Waals surface area contributed by atoms with Crippen molar-refractivity contribution in [2.75, 3.05) is 24.7 Å². The lowest BCUT2D eigenvalue weighted by atomic mass is 10.3. The average Bonchev–Trinajstić information content (AvgIpc) is 2.27. The van der Waals surface area contributed by atoms with Crippen LogP contribution in [0.4, 0.5) is 5.69 Å². The quantitative estimate of drug-likeness (QED) is 0.751. The van der Waals surface area contributed by atoms with Crippen LogP contribution in [-0.2, 0) is 4.79 Å². The summed E-state index contributed by atoms with van der Waals surface area (Å²) in [7, 11) is 0. The highest BCUT2D eigenvalue weighted by molar-refractivity contribution is 7.98. The smallest absolute Gasteiger partial charge is 0.239 e. The molecule has 0 spiro atoms. The molecular formula is C11H16N2OS. The van der Waals surface area contributed by atoms with Gasteiger partial charge in [-0.15, -0.1) is 11.8 Å². The second-order valence-corrected chi connectivity index (χ2v) is 3.92. The van der Waals surface area contributed by atoms with Crippen LogP contribution in [0.25, 0.3) is 0 Å². The number of carbonyl (C=O) groups excluding carboxylic acids is 1. The molecule has 0 aliphatic carbocycles. The number of amides is 1. The lowest BCUT2D eigenvalue weighted by Gasteiger charge is -2.07. The van der Waals surface area contributed by atoms with Crippen molar-refractivity contribution < 1.29 is 4.79 Å². The molecule has 0 fully saturated rings. The SMILES string of the molecule is CCNC(=O)CNc1cccc(SC)c1. The van der Waals surface area contributed by atoms with Crippen molar-refractivity contribution in [2.24, 2.45) is 0 Å². The van der Waals surface area contributed by atoms with E-state index in [2.05, 4.69) is 10.6 Å². The Labute approximate surface area is 94.6 Å². The molecule has 0 saturated heterocycles. The molecular weight excluding hydrogens is 208 g/mol. The molecule has 3 nitrogen and oxygen atoms in total. The van der Waals surface area contributed by atoms with Crippen molar-refractivity contribution in [1.82, 2.24) is 5.32 Å². The summed E-state index contributed by atoms with van der Waals surface area (Å²) in [6, 6.07) is 8.01. The monoisotopic (exact) mass is 224 g/mol. The summed E-state index contributed by atoms with van der Waals surface area (Å²) in [5.41, 5.74) is 0.980. The van der Waals surface area contributed by atoms with Gasteiger partial charge in [0, 0.05) is 17.1 Å². The van der Waals surface area contributed by atoms with Gasteiger partial charge in [-0.1, -0.05) is 6.07 Å². The summed E-state index contributed by atoms with van der Waals surface area (Å²) in [5, 5.41) is 5.82. The Morgan fingerprint density at radius 3 is 2.93 bits per heavy atom. The molecule has 0 radical (unpaired) electrons. The molecule has 1 aromatic carbocycles. The molecule has 0 aromatic heterocycles. The van der Waals surface area contributed by atoms with Crippen molar-refractivity contribution in [1.29, 1.82) is 0 Å². The first kappa shape index (κ1) is 11.9. The predicted molar refractivity (Wildman–Crippen MR) is 65.4 cm³/mol. The van der Waals surface area contributed by atoms with E-state index in [-0.39, 0.29) is 5.91 Å². The molecule has 0 unspecified atom stereocenters. The van der Waals surface area contributed by atoms with Gasteiger partial charge in [-0.05, 0) is 31.4 Å². The zero-order valence-corrected chi connectivity index (χ0v) is 9.86. The molecule has 4 heteroatoms. The Hall–Kier alpha value is -1.16. The Bertz CT molecular complexity index is 328. The summed E-state index contributed by atoms with van der Waals surface area (Å²) >= 11 is 1.69. The highest BCUT2D eigenvalue weighted by atomic mass is 32.2. The maximum atomic E-state index is 11.2. The van der Waals surface area contributed by atoms with Gasteiger partial charge in [0.15, 0.2) is 0 Å². The van der Waals surface area contributed by atoms with E-state index in [1.165, 1.54) is 4.90 Å². The highest BCUT2D eigenvalue weighted by Crippen LogP contribution is 2.18. The molecule has 0 aliphatic heterocycles. The second-order valence-electron chi connectivity index (χ2n) is 3.04. The number of anilines is 1. The summed E-state index contributed by atoms with van der Waals surface area (Å²) in [5.74, 6) is 0.0204. The zero-order chi connectivity index (χ0) is 11.1. The van der Waals surface area contributed by atoms with Crippen LogP contribution in [0.1, 0.15) is 6.92 Å². The molecule has 0 heterocycles. The molecule has 82 valence electrons. The van der Waals surface area contributed by atoms with Crippen molar-refractivity contribution in [2.45, 2.75) is 11.8 Å². The van der Waals surface area contributed by atoms with E-state index in [9.17, 15) is 4.79 Å². The average molecular weight is 224 g/mol. The fraction of sp³-hybridized carbons (Fsp3) is 0.364. The van der Waals surface area contributed by atoms with E-state index in [4.69, 9.17) is 0 Å². The normalized spacial score (nSPS) is 9.73. The first-order chi connectivity index (χ1) is 7.26. The van der Waals surface area contributed by atoms with Crippen molar-refractivity contribution in [3.05, 3.63) is 24.3 Å². The second kappa shape index (κ2) is 6.35. The van der Waals surface area contributed by atoms with Gasteiger partial charge in [-0.25, -0.2) is 0 Å². The molecule has 15 heavy (non-hydrogen) atoms. The van der Waals surface area contributed by atoms with Crippen LogP contribution in [0.15, 0.2) is 29.2 Å². The number of rotatable bonds is 5. The third-order valence-electron chi connectivity index (χ3n) is 1.90. The van der Waals surface area contributed by atoms with Gasteiger partial charge in [0.05, 0.1) is 6.54 Å². The molecule has 0 aliphatic rings. The first-order valence-corrected chi connectivity index (χ1v) is 6.13. The minimum atomic E-state index is 0.0204. The number of benzene rings is 1. The van der Waals surface area contributed by atoms with E-state index in [0.717, 1.165) is 5.69 Å². The largest absolute Gasteiger partial charge is 0.376 e. The minimum Gasteiger partial charge on any atom is -0.376 e. The van der Waals surface area contributed by atoms with Gasteiger partial charge in [0.1, 0.15) is 0 Å². The van der Waals surface area contributed by atoms with Gasteiger partial charge in [-0.2, -0.15) is 0 Å². The third-order valence-corrected chi connectivity index (χ3v) is 2.62. The fourth-order valence-electron chi connectivity index (χ4n) is 1.18. The minimum absolute atomic E-state index is 0.0204. The summed E-state index contributed by atoms with van der Waals surface area (Å²) < 4.78 is 0. The number of likely N-dealkylation sites (N-methyl/N-ethyl adjacent to an activating group) is 1. The van der Waals surface area contributed by atoms with Crippen LogP contribution in [0.5, 0.6) is 0 Å². The van der Waals surface area contributed by atoms with Crippen LogP contribution >= 0.6 is 11.8 Å². The Morgan fingerprint density at radius 2 is 2.27 bits per heavy atom. The zero-order valence-electron chi connectivity index (χ0n) is 9.04. The molecule has 0 saturated carbocycles. The van der Waals surface area contributed by atoms with Crippen molar-refractivity contribution in [3.8, 4) is 0 Å². The summed E-state index contributed by atoms with van der Waals surface area (Å²) in [6.45, 7) is 2.91. The Balaban J connectivity index is 2.46. The van der Waals surface area contributed by atoms with Crippen molar-refractivity contribution in [3.63, 3.8) is 0 Å². The van der Waals surface area contributed by atoms with Gasteiger partial charge < -0.3 is 10.6 Å². The highest BCUT2D eigenvalue weighted by Gasteiger charge is 1.99. The van der Waals surface area contributed by atoms with Gasteiger partial charge in [0.2, 0.25) is 5.91 Å². The third kappa shape index (κ3) is 4.25. The number of carbonyl (C=O) groups is 1. The maximum absolute atomic E-state index is 11.2. The predicted octanol–water partition coefficient (Wildman–Crippen LogP) is 1.96. The summed E-state index contributed by atoms with van der Waals surface area (Å²) in [6.07, 6.45) is 2.03. The van der Waals surface area contributed by atoms with Crippen molar-refractivity contribution >= 4 is 23.4 Å².